The molecular weight excluding hydrogens is 324 g/mol. The summed E-state index contributed by atoms with van der Waals surface area (Å²) in [7, 11) is -3.11. The Morgan fingerprint density at radius 1 is 1.17 bits per heavy atom. The predicted octanol–water partition coefficient (Wildman–Crippen LogP) is 2.01. The van der Waals surface area contributed by atoms with E-state index in [0.717, 1.165) is 42.7 Å². The van der Waals surface area contributed by atoms with Crippen molar-refractivity contribution in [3.05, 3.63) is 29.6 Å². The fourth-order valence-corrected chi connectivity index (χ4v) is 3.71. The molecule has 1 aliphatic rings. The van der Waals surface area contributed by atoms with Crippen molar-refractivity contribution in [3.8, 4) is 0 Å². The molecule has 1 N–H and O–H groups in total. The maximum Gasteiger partial charge on any atom is 0.208 e. The molecule has 0 radical (unpaired) electrons. The standard InChI is InChI=1S/C17H24N4O2S/c1-12-8-15-16(9-13(12)2)18-11-19-17(15)21-6-4-14(5-7-21)10-20-24(3,22)23/h8-9,11,14,20H,4-7,10H2,1-3H3. The fraction of sp³-hybridized carbons (Fsp3) is 0.529. The topological polar surface area (TPSA) is 75.2 Å². The van der Waals surface area contributed by atoms with Gasteiger partial charge in [0.05, 0.1) is 11.8 Å². The molecular formula is C17H24N4O2S. The minimum absolute atomic E-state index is 0.382. The lowest BCUT2D eigenvalue weighted by molar-refractivity contribution is 0.401. The van der Waals surface area contributed by atoms with Gasteiger partial charge in [-0.15, -0.1) is 0 Å². The summed E-state index contributed by atoms with van der Waals surface area (Å²) in [6.07, 6.45) is 4.75. The van der Waals surface area contributed by atoms with Gasteiger partial charge in [0.1, 0.15) is 12.1 Å². The first-order valence-corrected chi connectivity index (χ1v) is 10.1. The summed E-state index contributed by atoms with van der Waals surface area (Å²) in [5.74, 6) is 1.37. The molecule has 0 unspecified atom stereocenters. The van der Waals surface area contributed by atoms with Crippen LogP contribution >= 0.6 is 0 Å². The van der Waals surface area contributed by atoms with Gasteiger partial charge < -0.3 is 4.90 Å². The maximum absolute atomic E-state index is 11.2. The van der Waals surface area contributed by atoms with Gasteiger partial charge in [-0.1, -0.05) is 0 Å². The Morgan fingerprint density at radius 3 is 2.50 bits per heavy atom. The van der Waals surface area contributed by atoms with E-state index >= 15 is 0 Å². The Kier molecular flexibility index (Phi) is 4.73. The van der Waals surface area contributed by atoms with E-state index < -0.39 is 10.0 Å². The highest BCUT2D eigenvalue weighted by Crippen LogP contribution is 2.29. The van der Waals surface area contributed by atoms with Gasteiger partial charge in [0.15, 0.2) is 0 Å². The molecule has 0 aliphatic carbocycles. The largest absolute Gasteiger partial charge is 0.356 e. The van der Waals surface area contributed by atoms with Gasteiger partial charge >= 0.3 is 0 Å². The number of fused-ring (bicyclic) bond motifs is 1. The second-order valence-electron chi connectivity index (χ2n) is 6.70. The number of aromatic nitrogens is 2. The summed E-state index contributed by atoms with van der Waals surface area (Å²) in [6.45, 7) is 6.49. The molecule has 1 aromatic heterocycles. The summed E-state index contributed by atoms with van der Waals surface area (Å²) in [5.41, 5.74) is 3.45. The summed E-state index contributed by atoms with van der Waals surface area (Å²) >= 11 is 0. The molecule has 7 heteroatoms. The summed E-state index contributed by atoms with van der Waals surface area (Å²) < 4.78 is 25.1. The van der Waals surface area contributed by atoms with Crippen LogP contribution in [0.2, 0.25) is 0 Å². The van der Waals surface area contributed by atoms with E-state index in [2.05, 4.69) is 45.6 Å². The van der Waals surface area contributed by atoms with Crippen LogP contribution in [0.15, 0.2) is 18.5 Å². The molecule has 0 spiro atoms. The Bertz CT molecular complexity index is 843. The number of anilines is 1. The molecule has 1 aromatic carbocycles. The Hall–Kier alpha value is -1.73. The zero-order chi connectivity index (χ0) is 17.3. The smallest absolute Gasteiger partial charge is 0.208 e. The number of nitrogens with zero attached hydrogens (tertiary/aromatic N) is 3. The monoisotopic (exact) mass is 348 g/mol. The van der Waals surface area contributed by atoms with Crippen molar-refractivity contribution in [2.24, 2.45) is 5.92 Å². The molecule has 1 fully saturated rings. The number of hydrogen-bond donors (Lipinski definition) is 1. The average Bonchev–Trinajstić information content (AvgIpc) is 2.53. The molecule has 0 atom stereocenters. The van der Waals surface area contributed by atoms with Crippen LogP contribution in [0.25, 0.3) is 10.9 Å². The van der Waals surface area contributed by atoms with Crippen molar-refractivity contribution in [2.75, 3.05) is 30.8 Å². The Morgan fingerprint density at radius 2 is 1.83 bits per heavy atom. The minimum Gasteiger partial charge on any atom is -0.356 e. The second-order valence-corrected chi connectivity index (χ2v) is 8.53. The predicted molar refractivity (Wildman–Crippen MR) is 96.8 cm³/mol. The van der Waals surface area contributed by atoms with Gasteiger partial charge in [0.25, 0.3) is 0 Å². The molecule has 2 aromatic rings. The van der Waals surface area contributed by atoms with Crippen molar-refractivity contribution in [1.29, 1.82) is 0 Å². The molecule has 0 saturated carbocycles. The fourth-order valence-electron chi connectivity index (χ4n) is 3.17. The quantitative estimate of drug-likeness (QED) is 0.915. The van der Waals surface area contributed by atoms with E-state index in [-0.39, 0.29) is 0 Å². The summed E-state index contributed by atoms with van der Waals surface area (Å²) in [4.78, 5) is 11.2. The van der Waals surface area contributed by atoms with Crippen LogP contribution in [-0.4, -0.2) is 44.3 Å². The third kappa shape index (κ3) is 3.84. The molecule has 6 nitrogen and oxygen atoms in total. The SMILES string of the molecule is Cc1cc2ncnc(N3CCC(CNS(C)(=O)=O)CC3)c2cc1C. The summed E-state index contributed by atoms with van der Waals surface area (Å²) in [6, 6.07) is 4.27. The van der Waals surface area contributed by atoms with Crippen molar-refractivity contribution in [1.82, 2.24) is 14.7 Å². The number of aryl methyl sites for hydroxylation is 2. The molecule has 0 amide bonds. The Balaban J connectivity index is 1.75. The lowest BCUT2D eigenvalue weighted by atomic mass is 9.97. The summed E-state index contributed by atoms with van der Waals surface area (Å²) in [5, 5.41) is 1.09. The van der Waals surface area contributed by atoms with Gasteiger partial charge in [-0.3, -0.25) is 0 Å². The van der Waals surface area contributed by atoms with Crippen molar-refractivity contribution >= 4 is 26.7 Å². The number of sulfonamides is 1. The van der Waals surface area contributed by atoms with Gasteiger partial charge in [-0.25, -0.2) is 23.1 Å². The van der Waals surface area contributed by atoms with Crippen molar-refractivity contribution in [3.63, 3.8) is 0 Å². The molecule has 1 aliphatic heterocycles. The molecule has 24 heavy (non-hydrogen) atoms. The van der Waals surface area contributed by atoms with Gasteiger partial charge in [-0.2, -0.15) is 0 Å². The number of nitrogens with one attached hydrogen (secondary N) is 1. The van der Waals surface area contributed by atoms with Crippen LogP contribution < -0.4 is 9.62 Å². The first kappa shape index (κ1) is 17.1. The van der Waals surface area contributed by atoms with Gasteiger partial charge in [0.2, 0.25) is 10.0 Å². The third-order valence-corrected chi connectivity index (χ3v) is 5.47. The van der Waals surface area contributed by atoms with Crippen LogP contribution in [0.4, 0.5) is 5.82 Å². The van der Waals surface area contributed by atoms with Crippen LogP contribution in [0.1, 0.15) is 24.0 Å². The first-order chi connectivity index (χ1) is 11.3. The molecule has 1 saturated heterocycles. The first-order valence-electron chi connectivity index (χ1n) is 8.25. The van der Waals surface area contributed by atoms with Crippen molar-refractivity contribution < 1.29 is 8.42 Å². The molecule has 0 bridgehead atoms. The molecule has 130 valence electrons. The second kappa shape index (κ2) is 6.64. The van der Waals surface area contributed by atoms with Crippen LogP contribution in [0, 0.1) is 19.8 Å². The van der Waals surface area contributed by atoms with E-state index in [9.17, 15) is 8.42 Å². The number of benzene rings is 1. The molecule has 2 heterocycles. The minimum atomic E-state index is -3.11. The lowest BCUT2D eigenvalue weighted by Crippen LogP contribution is -2.38. The zero-order valence-electron chi connectivity index (χ0n) is 14.4. The highest BCUT2D eigenvalue weighted by atomic mass is 32.2. The van der Waals surface area contributed by atoms with Crippen LogP contribution in [0.5, 0.6) is 0 Å². The van der Waals surface area contributed by atoms with Crippen molar-refractivity contribution in [2.45, 2.75) is 26.7 Å². The van der Waals surface area contributed by atoms with E-state index in [1.165, 1.54) is 17.4 Å². The van der Waals surface area contributed by atoms with E-state index in [4.69, 9.17) is 0 Å². The number of rotatable bonds is 4. The zero-order valence-corrected chi connectivity index (χ0v) is 15.2. The van der Waals surface area contributed by atoms with Crippen LogP contribution in [-0.2, 0) is 10.0 Å². The third-order valence-electron chi connectivity index (χ3n) is 4.78. The lowest BCUT2D eigenvalue weighted by Gasteiger charge is -2.33. The highest BCUT2D eigenvalue weighted by molar-refractivity contribution is 7.88. The normalized spacial score (nSPS) is 16.7. The number of hydrogen-bond acceptors (Lipinski definition) is 5. The average molecular weight is 348 g/mol. The van der Waals surface area contributed by atoms with E-state index in [1.54, 1.807) is 6.33 Å². The van der Waals surface area contributed by atoms with Gasteiger partial charge in [-0.05, 0) is 55.9 Å². The molecule has 3 rings (SSSR count). The van der Waals surface area contributed by atoms with E-state index in [1.807, 2.05) is 0 Å². The van der Waals surface area contributed by atoms with E-state index in [0.29, 0.717) is 12.5 Å². The van der Waals surface area contributed by atoms with Crippen LogP contribution in [0.3, 0.4) is 0 Å². The Labute approximate surface area is 143 Å². The highest BCUT2D eigenvalue weighted by Gasteiger charge is 2.22. The van der Waals surface area contributed by atoms with Gasteiger partial charge in [0, 0.05) is 25.0 Å². The maximum atomic E-state index is 11.2. The number of piperidine rings is 1.